The number of alkyl halides is 2. The minimum Gasteiger partial charge on any atom is -0.466 e. The number of aryl methyl sites for hydroxylation is 3. The molecule has 1 atom stereocenters. The SMILES string of the molecule is CCOC(=O)C[C@H](N)c1cc(-c2c(C)cc(C)cc2C)cc(C(F)F)c1F.Cl. The maximum atomic E-state index is 14.7. The van der Waals surface area contributed by atoms with Gasteiger partial charge in [-0.1, -0.05) is 17.7 Å². The molecule has 0 bridgehead atoms. The summed E-state index contributed by atoms with van der Waals surface area (Å²) in [6.45, 7) is 7.50. The third-order valence-electron chi connectivity index (χ3n) is 4.42. The highest BCUT2D eigenvalue weighted by molar-refractivity contribution is 5.85. The summed E-state index contributed by atoms with van der Waals surface area (Å²) in [5.74, 6) is -1.68. The van der Waals surface area contributed by atoms with Gasteiger partial charge >= 0.3 is 5.97 Å². The number of nitrogens with two attached hydrogens (primary N) is 1. The summed E-state index contributed by atoms with van der Waals surface area (Å²) in [6.07, 6.45) is -3.28. The molecule has 0 saturated heterocycles. The lowest BCUT2D eigenvalue weighted by atomic mass is 9.89. The fourth-order valence-corrected chi connectivity index (χ4v) is 3.39. The van der Waals surface area contributed by atoms with Gasteiger partial charge in [0, 0.05) is 11.6 Å². The second-order valence-electron chi connectivity index (χ2n) is 6.66. The zero-order chi connectivity index (χ0) is 20.3. The Bertz CT molecular complexity index is 833. The van der Waals surface area contributed by atoms with E-state index in [2.05, 4.69) is 0 Å². The van der Waals surface area contributed by atoms with Gasteiger partial charge in [-0.25, -0.2) is 13.2 Å². The number of carbonyl (C=O) groups excluding carboxylic acids is 1. The Labute approximate surface area is 169 Å². The van der Waals surface area contributed by atoms with Crippen molar-refractivity contribution in [1.29, 1.82) is 0 Å². The number of hydrogen-bond donors (Lipinski definition) is 1. The van der Waals surface area contributed by atoms with Crippen LogP contribution in [0.15, 0.2) is 24.3 Å². The van der Waals surface area contributed by atoms with E-state index in [9.17, 15) is 18.0 Å². The molecule has 0 heterocycles. The number of halogens is 4. The maximum Gasteiger partial charge on any atom is 0.307 e. The van der Waals surface area contributed by atoms with Crippen molar-refractivity contribution in [3.8, 4) is 11.1 Å². The number of ether oxygens (including phenoxy) is 1. The molecule has 0 saturated carbocycles. The van der Waals surface area contributed by atoms with Gasteiger partial charge in [-0.2, -0.15) is 0 Å². The summed E-state index contributed by atoms with van der Waals surface area (Å²) in [6, 6.07) is 5.41. The average molecular weight is 416 g/mol. The van der Waals surface area contributed by atoms with Gasteiger partial charge < -0.3 is 10.5 Å². The van der Waals surface area contributed by atoms with E-state index in [0.29, 0.717) is 5.56 Å². The van der Waals surface area contributed by atoms with Crippen LogP contribution in [0.5, 0.6) is 0 Å². The molecule has 7 heteroatoms. The number of rotatable bonds is 6. The number of esters is 1. The van der Waals surface area contributed by atoms with E-state index in [1.54, 1.807) is 6.92 Å². The summed E-state index contributed by atoms with van der Waals surface area (Å²) in [5.41, 5.74) is 9.16. The molecular weight excluding hydrogens is 391 g/mol. The third kappa shape index (κ3) is 5.26. The van der Waals surface area contributed by atoms with E-state index in [-0.39, 0.29) is 31.0 Å². The van der Waals surface area contributed by atoms with Gasteiger partial charge in [0.15, 0.2) is 0 Å². The Morgan fingerprint density at radius 2 is 1.61 bits per heavy atom. The summed E-state index contributed by atoms with van der Waals surface area (Å²) in [5, 5.41) is 0. The lowest BCUT2D eigenvalue weighted by molar-refractivity contribution is -0.143. The van der Waals surface area contributed by atoms with Gasteiger partial charge in [0.25, 0.3) is 6.43 Å². The van der Waals surface area contributed by atoms with Crippen molar-refractivity contribution < 1.29 is 22.7 Å². The highest BCUT2D eigenvalue weighted by Gasteiger charge is 2.24. The Balaban J connectivity index is 0.00000392. The van der Waals surface area contributed by atoms with Crippen LogP contribution in [0.25, 0.3) is 11.1 Å². The van der Waals surface area contributed by atoms with Gasteiger partial charge in [-0.3, -0.25) is 4.79 Å². The molecule has 0 aliphatic heterocycles. The Kier molecular flexibility index (Phi) is 8.51. The molecular formula is C21H25ClF3NO2. The quantitative estimate of drug-likeness (QED) is 0.613. The molecule has 0 amide bonds. The van der Waals surface area contributed by atoms with Crippen LogP contribution >= 0.6 is 12.4 Å². The lowest BCUT2D eigenvalue weighted by Gasteiger charge is -2.19. The van der Waals surface area contributed by atoms with Crippen LogP contribution < -0.4 is 5.73 Å². The fraction of sp³-hybridized carbons (Fsp3) is 0.381. The van der Waals surface area contributed by atoms with Crippen molar-refractivity contribution in [3.05, 3.63) is 57.9 Å². The summed E-state index contributed by atoms with van der Waals surface area (Å²) in [7, 11) is 0. The smallest absolute Gasteiger partial charge is 0.307 e. The van der Waals surface area contributed by atoms with Crippen LogP contribution in [-0.4, -0.2) is 12.6 Å². The number of hydrogen-bond acceptors (Lipinski definition) is 3. The van der Waals surface area contributed by atoms with E-state index >= 15 is 0 Å². The molecule has 0 unspecified atom stereocenters. The second kappa shape index (κ2) is 9.94. The normalized spacial score (nSPS) is 11.9. The zero-order valence-corrected chi connectivity index (χ0v) is 17.1. The molecule has 28 heavy (non-hydrogen) atoms. The van der Waals surface area contributed by atoms with E-state index in [4.69, 9.17) is 10.5 Å². The van der Waals surface area contributed by atoms with Crippen LogP contribution in [0.2, 0.25) is 0 Å². The maximum absolute atomic E-state index is 14.7. The Morgan fingerprint density at radius 1 is 1.07 bits per heavy atom. The molecule has 2 rings (SSSR count). The lowest BCUT2D eigenvalue weighted by Crippen LogP contribution is -2.19. The van der Waals surface area contributed by atoms with E-state index in [1.807, 2.05) is 32.9 Å². The summed E-state index contributed by atoms with van der Waals surface area (Å²) >= 11 is 0. The molecule has 2 aromatic carbocycles. The minimum absolute atomic E-state index is 0. The molecule has 0 aliphatic carbocycles. The first-order valence-electron chi connectivity index (χ1n) is 8.76. The van der Waals surface area contributed by atoms with Crippen molar-refractivity contribution in [2.75, 3.05) is 6.61 Å². The monoisotopic (exact) mass is 415 g/mol. The first-order valence-corrected chi connectivity index (χ1v) is 8.76. The Morgan fingerprint density at radius 3 is 2.11 bits per heavy atom. The fourth-order valence-electron chi connectivity index (χ4n) is 3.39. The van der Waals surface area contributed by atoms with Crippen LogP contribution in [0.3, 0.4) is 0 Å². The molecule has 3 nitrogen and oxygen atoms in total. The first kappa shape index (κ1) is 24.0. The van der Waals surface area contributed by atoms with Crippen molar-refractivity contribution >= 4 is 18.4 Å². The van der Waals surface area contributed by atoms with Gasteiger partial charge in [0.05, 0.1) is 18.6 Å². The molecule has 0 fully saturated rings. The van der Waals surface area contributed by atoms with Crippen LogP contribution in [0.4, 0.5) is 13.2 Å². The summed E-state index contributed by atoms with van der Waals surface area (Å²) < 4.78 is 46.4. The molecule has 0 aromatic heterocycles. The summed E-state index contributed by atoms with van der Waals surface area (Å²) in [4.78, 5) is 11.7. The van der Waals surface area contributed by atoms with E-state index in [0.717, 1.165) is 28.3 Å². The highest BCUT2D eigenvalue weighted by Crippen LogP contribution is 2.36. The number of carbonyl (C=O) groups is 1. The largest absolute Gasteiger partial charge is 0.466 e. The highest BCUT2D eigenvalue weighted by atomic mass is 35.5. The molecule has 0 spiro atoms. The van der Waals surface area contributed by atoms with Crippen LogP contribution in [0, 0.1) is 26.6 Å². The van der Waals surface area contributed by atoms with Crippen molar-refractivity contribution in [1.82, 2.24) is 0 Å². The van der Waals surface area contributed by atoms with Crippen molar-refractivity contribution in [3.63, 3.8) is 0 Å². The predicted octanol–water partition coefficient (Wildman–Crippen LogP) is 5.73. The zero-order valence-electron chi connectivity index (χ0n) is 16.3. The molecule has 2 N–H and O–H groups in total. The topological polar surface area (TPSA) is 52.3 Å². The minimum atomic E-state index is -3.00. The Hall–Kier alpha value is -2.05. The molecule has 0 radical (unpaired) electrons. The molecule has 2 aromatic rings. The van der Waals surface area contributed by atoms with E-state index in [1.165, 1.54) is 6.07 Å². The molecule has 0 aliphatic rings. The van der Waals surface area contributed by atoms with Crippen molar-refractivity contribution in [2.45, 2.75) is 46.6 Å². The standard InChI is InChI=1S/C21H24F3NO2.ClH/c1-5-27-18(26)10-17(25)15-8-14(9-16(20(15)22)21(23)24)19-12(3)6-11(2)7-13(19)4;/h6-9,17,21H,5,10,25H2,1-4H3;1H/t17-;/m0./s1. The number of benzene rings is 2. The predicted molar refractivity (Wildman–Crippen MR) is 106 cm³/mol. The molecule has 154 valence electrons. The van der Waals surface area contributed by atoms with Gasteiger partial charge in [-0.05, 0) is 62.1 Å². The van der Waals surface area contributed by atoms with Crippen molar-refractivity contribution in [2.24, 2.45) is 5.73 Å². The first-order chi connectivity index (χ1) is 12.6. The van der Waals surface area contributed by atoms with Gasteiger partial charge in [0.2, 0.25) is 0 Å². The second-order valence-corrected chi connectivity index (χ2v) is 6.66. The van der Waals surface area contributed by atoms with Gasteiger partial charge in [0.1, 0.15) is 5.82 Å². The van der Waals surface area contributed by atoms with Crippen LogP contribution in [-0.2, 0) is 9.53 Å². The van der Waals surface area contributed by atoms with E-state index < -0.39 is 29.8 Å². The third-order valence-corrected chi connectivity index (χ3v) is 4.42. The average Bonchev–Trinajstić information content (AvgIpc) is 2.54. The van der Waals surface area contributed by atoms with Gasteiger partial charge in [-0.15, -0.1) is 12.4 Å². The van der Waals surface area contributed by atoms with Crippen LogP contribution in [0.1, 0.15) is 53.6 Å².